The zero-order chi connectivity index (χ0) is 11.0. The molecule has 0 saturated heterocycles. The molecular formula is C12H28N2. The van der Waals surface area contributed by atoms with Gasteiger partial charge < -0.3 is 10.2 Å². The van der Waals surface area contributed by atoms with Crippen LogP contribution in [-0.4, -0.2) is 37.1 Å². The summed E-state index contributed by atoms with van der Waals surface area (Å²) in [5.74, 6) is 0. The van der Waals surface area contributed by atoms with E-state index in [1.807, 2.05) is 0 Å². The van der Waals surface area contributed by atoms with Gasteiger partial charge in [-0.05, 0) is 46.3 Å². The lowest BCUT2D eigenvalue weighted by Gasteiger charge is -2.24. The summed E-state index contributed by atoms with van der Waals surface area (Å²) in [5, 5.41) is 3.45. The molecule has 0 aromatic rings. The van der Waals surface area contributed by atoms with Gasteiger partial charge in [-0.15, -0.1) is 0 Å². The number of nitrogens with one attached hydrogen (secondary N) is 1. The van der Waals surface area contributed by atoms with E-state index in [4.69, 9.17) is 0 Å². The third-order valence-electron chi connectivity index (χ3n) is 2.68. The van der Waals surface area contributed by atoms with Gasteiger partial charge in [0.05, 0.1) is 0 Å². The predicted molar refractivity (Wildman–Crippen MR) is 64.8 cm³/mol. The third-order valence-corrected chi connectivity index (χ3v) is 2.68. The maximum Gasteiger partial charge on any atom is 0.00643 e. The summed E-state index contributed by atoms with van der Waals surface area (Å²) in [7, 11) is 2.23. The van der Waals surface area contributed by atoms with Crippen molar-refractivity contribution in [3.8, 4) is 0 Å². The zero-order valence-electron chi connectivity index (χ0n) is 10.6. The average Bonchev–Trinajstić information content (AvgIpc) is 2.12. The summed E-state index contributed by atoms with van der Waals surface area (Å²) in [6.07, 6.45) is 3.84. The molecule has 0 rings (SSSR count). The second-order valence-electron chi connectivity index (χ2n) is 4.58. The molecule has 1 atom stereocenters. The van der Waals surface area contributed by atoms with E-state index in [-0.39, 0.29) is 0 Å². The molecule has 0 heterocycles. The molecule has 0 aliphatic heterocycles. The van der Waals surface area contributed by atoms with E-state index in [9.17, 15) is 0 Å². The van der Waals surface area contributed by atoms with Crippen LogP contribution in [0.1, 0.15) is 47.0 Å². The number of nitrogens with zero attached hydrogens (tertiary/aromatic N) is 1. The molecule has 0 aromatic heterocycles. The van der Waals surface area contributed by atoms with Gasteiger partial charge in [-0.3, -0.25) is 0 Å². The molecule has 0 aliphatic rings. The van der Waals surface area contributed by atoms with Crippen molar-refractivity contribution < 1.29 is 0 Å². The molecule has 0 fully saturated rings. The Hall–Kier alpha value is -0.0800. The fourth-order valence-corrected chi connectivity index (χ4v) is 1.58. The molecule has 0 bridgehead atoms. The van der Waals surface area contributed by atoms with Gasteiger partial charge in [0.25, 0.3) is 0 Å². The van der Waals surface area contributed by atoms with Crippen molar-refractivity contribution in [2.75, 3.05) is 20.1 Å². The topological polar surface area (TPSA) is 15.3 Å². The molecule has 1 N–H and O–H groups in total. The van der Waals surface area contributed by atoms with E-state index < -0.39 is 0 Å². The Labute approximate surface area is 90.1 Å². The molecule has 2 heteroatoms. The van der Waals surface area contributed by atoms with Crippen LogP contribution >= 0.6 is 0 Å². The highest BCUT2D eigenvalue weighted by atomic mass is 15.1. The van der Waals surface area contributed by atoms with Gasteiger partial charge >= 0.3 is 0 Å². The Morgan fingerprint density at radius 3 is 2.36 bits per heavy atom. The first-order valence-electron chi connectivity index (χ1n) is 6.01. The molecule has 0 radical (unpaired) electrons. The second kappa shape index (κ2) is 8.25. The van der Waals surface area contributed by atoms with Gasteiger partial charge in [0.1, 0.15) is 0 Å². The van der Waals surface area contributed by atoms with Crippen molar-refractivity contribution in [1.29, 1.82) is 0 Å². The predicted octanol–water partition coefficient (Wildman–Crippen LogP) is 2.49. The Kier molecular flexibility index (Phi) is 8.20. The highest BCUT2D eigenvalue weighted by molar-refractivity contribution is 4.64. The molecule has 0 amide bonds. The van der Waals surface area contributed by atoms with Gasteiger partial charge in [-0.2, -0.15) is 0 Å². The lowest BCUT2D eigenvalue weighted by molar-refractivity contribution is 0.242. The minimum absolute atomic E-state index is 0.624. The minimum atomic E-state index is 0.624. The van der Waals surface area contributed by atoms with Crippen LogP contribution in [0, 0.1) is 0 Å². The van der Waals surface area contributed by atoms with Gasteiger partial charge in [0, 0.05) is 12.1 Å². The Balaban J connectivity index is 3.38. The van der Waals surface area contributed by atoms with Crippen molar-refractivity contribution in [3.05, 3.63) is 0 Å². The second-order valence-corrected chi connectivity index (χ2v) is 4.58. The van der Waals surface area contributed by atoms with E-state index in [1.165, 1.54) is 25.8 Å². The fourth-order valence-electron chi connectivity index (χ4n) is 1.58. The average molecular weight is 200 g/mol. The Morgan fingerprint density at radius 2 is 1.86 bits per heavy atom. The first-order valence-corrected chi connectivity index (χ1v) is 6.01. The SMILES string of the molecule is CCCN(C)C(C)CCCNC(C)C. The Bertz CT molecular complexity index is 123. The lowest BCUT2D eigenvalue weighted by atomic mass is 10.1. The van der Waals surface area contributed by atoms with Gasteiger partial charge in [0.2, 0.25) is 0 Å². The van der Waals surface area contributed by atoms with E-state index in [0.29, 0.717) is 6.04 Å². The van der Waals surface area contributed by atoms with E-state index in [2.05, 4.69) is 45.0 Å². The van der Waals surface area contributed by atoms with Crippen LogP contribution in [-0.2, 0) is 0 Å². The fraction of sp³-hybridized carbons (Fsp3) is 1.00. The molecule has 0 saturated carbocycles. The van der Waals surface area contributed by atoms with Crippen molar-refractivity contribution in [1.82, 2.24) is 10.2 Å². The Morgan fingerprint density at radius 1 is 1.21 bits per heavy atom. The first kappa shape index (κ1) is 13.9. The van der Waals surface area contributed by atoms with Crippen molar-refractivity contribution in [2.24, 2.45) is 0 Å². The molecule has 0 aromatic carbocycles. The summed E-state index contributed by atoms with van der Waals surface area (Å²) in [5.41, 5.74) is 0. The summed E-state index contributed by atoms with van der Waals surface area (Å²) in [4.78, 5) is 2.45. The van der Waals surface area contributed by atoms with E-state index in [1.54, 1.807) is 0 Å². The zero-order valence-corrected chi connectivity index (χ0v) is 10.6. The van der Waals surface area contributed by atoms with Crippen molar-refractivity contribution in [2.45, 2.75) is 59.0 Å². The molecule has 86 valence electrons. The quantitative estimate of drug-likeness (QED) is 0.606. The van der Waals surface area contributed by atoms with E-state index in [0.717, 1.165) is 12.6 Å². The van der Waals surface area contributed by atoms with Crippen LogP contribution in [0.25, 0.3) is 0 Å². The molecule has 1 unspecified atom stereocenters. The number of rotatable bonds is 8. The molecule has 0 spiro atoms. The number of hydrogen-bond donors (Lipinski definition) is 1. The van der Waals surface area contributed by atoms with Crippen LogP contribution in [0.5, 0.6) is 0 Å². The molecule has 0 aliphatic carbocycles. The van der Waals surface area contributed by atoms with Crippen LogP contribution in [0.4, 0.5) is 0 Å². The summed E-state index contributed by atoms with van der Waals surface area (Å²) < 4.78 is 0. The van der Waals surface area contributed by atoms with Crippen LogP contribution < -0.4 is 5.32 Å². The maximum absolute atomic E-state index is 3.45. The molecule has 14 heavy (non-hydrogen) atoms. The monoisotopic (exact) mass is 200 g/mol. The summed E-state index contributed by atoms with van der Waals surface area (Å²) in [6, 6.07) is 1.35. The summed E-state index contributed by atoms with van der Waals surface area (Å²) in [6.45, 7) is 11.3. The maximum atomic E-state index is 3.45. The molecular weight excluding hydrogens is 172 g/mol. The van der Waals surface area contributed by atoms with Crippen LogP contribution in [0.3, 0.4) is 0 Å². The van der Waals surface area contributed by atoms with Gasteiger partial charge in [-0.1, -0.05) is 20.8 Å². The van der Waals surface area contributed by atoms with Crippen LogP contribution in [0.15, 0.2) is 0 Å². The standard InChI is InChI=1S/C12H28N2/c1-6-10-14(5)12(4)8-7-9-13-11(2)3/h11-13H,6-10H2,1-5H3. The normalized spacial score (nSPS) is 13.9. The highest BCUT2D eigenvalue weighted by Gasteiger charge is 2.06. The van der Waals surface area contributed by atoms with Gasteiger partial charge in [0.15, 0.2) is 0 Å². The lowest BCUT2D eigenvalue weighted by Crippen LogP contribution is -2.31. The minimum Gasteiger partial charge on any atom is -0.315 e. The smallest absolute Gasteiger partial charge is 0.00643 e. The van der Waals surface area contributed by atoms with Crippen molar-refractivity contribution in [3.63, 3.8) is 0 Å². The van der Waals surface area contributed by atoms with Crippen LogP contribution in [0.2, 0.25) is 0 Å². The molecule has 2 nitrogen and oxygen atoms in total. The van der Waals surface area contributed by atoms with Crippen molar-refractivity contribution >= 4 is 0 Å². The first-order chi connectivity index (χ1) is 6.57. The number of hydrogen-bond acceptors (Lipinski definition) is 2. The largest absolute Gasteiger partial charge is 0.315 e. The highest BCUT2D eigenvalue weighted by Crippen LogP contribution is 2.04. The van der Waals surface area contributed by atoms with E-state index >= 15 is 0 Å². The third kappa shape index (κ3) is 7.34. The van der Waals surface area contributed by atoms with Gasteiger partial charge in [-0.25, -0.2) is 0 Å². The summed E-state index contributed by atoms with van der Waals surface area (Å²) >= 11 is 0.